The van der Waals surface area contributed by atoms with Gasteiger partial charge in [-0.1, -0.05) is 18.9 Å². The number of hydrogen-bond donors (Lipinski definition) is 1. The summed E-state index contributed by atoms with van der Waals surface area (Å²) in [5.74, 6) is 0. The molecule has 94 valence electrons. The molecule has 1 aliphatic rings. The maximum absolute atomic E-state index is 6.39. The molecule has 2 nitrogen and oxygen atoms in total. The van der Waals surface area contributed by atoms with E-state index in [0.717, 1.165) is 12.8 Å². The van der Waals surface area contributed by atoms with Gasteiger partial charge in [-0.2, -0.15) is 0 Å². The lowest BCUT2D eigenvalue weighted by Gasteiger charge is -2.47. The molecule has 0 radical (unpaired) electrons. The molecule has 2 heteroatoms. The highest BCUT2D eigenvalue weighted by Crippen LogP contribution is 2.28. The van der Waals surface area contributed by atoms with Gasteiger partial charge in [0.1, 0.15) is 0 Å². The van der Waals surface area contributed by atoms with Crippen LogP contribution in [0.5, 0.6) is 0 Å². The first-order valence-electron chi connectivity index (χ1n) is 6.65. The van der Waals surface area contributed by atoms with Crippen LogP contribution in [0.2, 0.25) is 0 Å². The molecule has 0 aromatic carbocycles. The number of rotatable bonds is 5. The van der Waals surface area contributed by atoms with Crippen molar-refractivity contribution in [1.82, 2.24) is 4.90 Å². The largest absolute Gasteiger partial charge is 0.326 e. The first-order chi connectivity index (χ1) is 7.50. The standard InChI is InChI=1S/C14H28N2/c1-5-14(4,13(15)11-12(2)3)16-9-7-6-8-10-16/h13H,2,5-11,15H2,1,3-4H3. The number of nitrogens with two attached hydrogens (primary N) is 1. The molecule has 2 N–H and O–H groups in total. The van der Waals surface area contributed by atoms with Gasteiger partial charge in [0.15, 0.2) is 0 Å². The average Bonchev–Trinajstić information content (AvgIpc) is 2.28. The second-order valence-electron chi connectivity index (χ2n) is 5.53. The summed E-state index contributed by atoms with van der Waals surface area (Å²) >= 11 is 0. The van der Waals surface area contributed by atoms with E-state index in [1.54, 1.807) is 0 Å². The van der Waals surface area contributed by atoms with Gasteiger partial charge < -0.3 is 5.73 Å². The highest BCUT2D eigenvalue weighted by Gasteiger charge is 2.36. The fourth-order valence-electron chi connectivity index (χ4n) is 2.72. The molecule has 1 fully saturated rings. The Balaban J connectivity index is 2.69. The van der Waals surface area contributed by atoms with Crippen LogP contribution in [0, 0.1) is 0 Å². The molecule has 1 aliphatic heterocycles. The average molecular weight is 224 g/mol. The van der Waals surface area contributed by atoms with E-state index < -0.39 is 0 Å². The van der Waals surface area contributed by atoms with E-state index in [0.29, 0.717) is 0 Å². The van der Waals surface area contributed by atoms with Gasteiger partial charge in [0.05, 0.1) is 0 Å². The van der Waals surface area contributed by atoms with Crippen LogP contribution >= 0.6 is 0 Å². The summed E-state index contributed by atoms with van der Waals surface area (Å²) in [4.78, 5) is 2.60. The Morgan fingerprint density at radius 2 is 1.94 bits per heavy atom. The summed E-state index contributed by atoms with van der Waals surface area (Å²) in [5.41, 5.74) is 7.74. The monoisotopic (exact) mass is 224 g/mol. The second-order valence-corrected chi connectivity index (χ2v) is 5.53. The van der Waals surface area contributed by atoms with Crippen molar-refractivity contribution in [3.63, 3.8) is 0 Å². The number of piperidine rings is 1. The molecule has 1 rings (SSSR count). The van der Waals surface area contributed by atoms with Crippen LogP contribution in [-0.2, 0) is 0 Å². The normalized spacial score (nSPS) is 23.8. The predicted octanol–water partition coefficient (Wildman–Crippen LogP) is 2.93. The third kappa shape index (κ3) is 3.08. The molecule has 2 atom stereocenters. The van der Waals surface area contributed by atoms with E-state index in [1.807, 2.05) is 0 Å². The lowest BCUT2D eigenvalue weighted by atomic mass is 9.83. The minimum Gasteiger partial charge on any atom is -0.326 e. The molecule has 2 unspecified atom stereocenters. The quantitative estimate of drug-likeness (QED) is 0.728. The smallest absolute Gasteiger partial charge is 0.0332 e. The molecule has 0 amide bonds. The first-order valence-corrected chi connectivity index (χ1v) is 6.65. The number of nitrogens with zero attached hydrogens (tertiary/aromatic N) is 1. The maximum Gasteiger partial charge on any atom is 0.0332 e. The summed E-state index contributed by atoms with van der Waals surface area (Å²) in [6.07, 6.45) is 6.11. The molecular formula is C14H28N2. The predicted molar refractivity (Wildman–Crippen MR) is 71.5 cm³/mol. The van der Waals surface area contributed by atoms with Crippen LogP contribution < -0.4 is 5.73 Å². The molecule has 0 spiro atoms. The van der Waals surface area contributed by atoms with Gasteiger partial charge in [-0.05, 0) is 52.6 Å². The Hall–Kier alpha value is -0.340. The second kappa shape index (κ2) is 5.83. The van der Waals surface area contributed by atoms with Crippen LogP contribution in [0.3, 0.4) is 0 Å². The fraction of sp³-hybridized carbons (Fsp3) is 0.857. The van der Waals surface area contributed by atoms with Crippen molar-refractivity contribution in [3.05, 3.63) is 12.2 Å². The summed E-state index contributed by atoms with van der Waals surface area (Å²) < 4.78 is 0. The van der Waals surface area contributed by atoms with E-state index in [1.165, 1.54) is 37.9 Å². The molecule has 1 saturated heterocycles. The summed E-state index contributed by atoms with van der Waals surface area (Å²) in [5, 5.41) is 0. The topological polar surface area (TPSA) is 29.3 Å². The number of hydrogen-bond acceptors (Lipinski definition) is 2. The zero-order chi connectivity index (χ0) is 12.2. The minimum absolute atomic E-state index is 0.152. The van der Waals surface area contributed by atoms with Gasteiger partial charge in [0.25, 0.3) is 0 Å². The Morgan fingerprint density at radius 1 is 1.38 bits per heavy atom. The highest BCUT2D eigenvalue weighted by molar-refractivity contribution is 5.02. The van der Waals surface area contributed by atoms with Gasteiger partial charge in [0.2, 0.25) is 0 Å². The van der Waals surface area contributed by atoms with Gasteiger partial charge in [0, 0.05) is 11.6 Å². The molecule has 0 aromatic heterocycles. The summed E-state index contributed by atoms with van der Waals surface area (Å²) in [6, 6.07) is 0.216. The third-order valence-electron chi connectivity index (χ3n) is 4.16. The SMILES string of the molecule is C=C(C)CC(N)C(C)(CC)N1CCCCC1. The summed E-state index contributed by atoms with van der Waals surface area (Å²) in [6.45, 7) is 13.1. The zero-order valence-corrected chi connectivity index (χ0v) is 11.3. The van der Waals surface area contributed by atoms with Crippen molar-refractivity contribution in [1.29, 1.82) is 0 Å². The van der Waals surface area contributed by atoms with Gasteiger partial charge >= 0.3 is 0 Å². The van der Waals surface area contributed by atoms with Gasteiger partial charge in [-0.3, -0.25) is 4.90 Å². The van der Waals surface area contributed by atoms with Crippen LogP contribution in [-0.4, -0.2) is 29.6 Å². The van der Waals surface area contributed by atoms with Crippen molar-refractivity contribution < 1.29 is 0 Å². The highest BCUT2D eigenvalue weighted by atomic mass is 15.2. The van der Waals surface area contributed by atoms with Crippen LogP contribution in [0.25, 0.3) is 0 Å². The lowest BCUT2D eigenvalue weighted by molar-refractivity contribution is 0.0546. The van der Waals surface area contributed by atoms with E-state index in [9.17, 15) is 0 Å². The molecule has 0 aromatic rings. The molecule has 16 heavy (non-hydrogen) atoms. The van der Waals surface area contributed by atoms with Gasteiger partial charge in [-0.15, -0.1) is 6.58 Å². The molecule has 0 saturated carbocycles. The Labute approximate surface area is 101 Å². The van der Waals surface area contributed by atoms with Crippen LogP contribution in [0.4, 0.5) is 0 Å². The van der Waals surface area contributed by atoms with Gasteiger partial charge in [-0.25, -0.2) is 0 Å². The van der Waals surface area contributed by atoms with Crippen molar-refractivity contribution in [2.75, 3.05) is 13.1 Å². The Morgan fingerprint density at radius 3 is 2.38 bits per heavy atom. The lowest BCUT2D eigenvalue weighted by Crippen LogP contribution is -2.59. The Kier molecular flexibility index (Phi) is 5.00. The molecule has 0 aliphatic carbocycles. The van der Waals surface area contributed by atoms with Crippen molar-refractivity contribution in [3.8, 4) is 0 Å². The van der Waals surface area contributed by atoms with Crippen molar-refractivity contribution in [2.24, 2.45) is 5.73 Å². The minimum atomic E-state index is 0.152. The van der Waals surface area contributed by atoms with E-state index >= 15 is 0 Å². The number of likely N-dealkylation sites (tertiary alicyclic amines) is 1. The van der Waals surface area contributed by atoms with E-state index in [-0.39, 0.29) is 11.6 Å². The van der Waals surface area contributed by atoms with Crippen LogP contribution in [0.1, 0.15) is 52.9 Å². The maximum atomic E-state index is 6.39. The van der Waals surface area contributed by atoms with Crippen molar-refractivity contribution >= 4 is 0 Å². The third-order valence-corrected chi connectivity index (χ3v) is 4.16. The van der Waals surface area contributed by atoms with E-state index in [4.69, 9.17) is 5.73 Å². The first kappa shape index (κ1) is 13.7. The van der Waals surface area contributed by atoms with Crippen LogP contribution in [0.15, 0.2) is 12.2 Å². The Bertz CT molecular complexity index is 231. The molecule has 0 bridgehead atoms. The summed E-state index contributed by atoms with van der Waals surface area (Å²) in [7, 11) is 0. The fourth-order valence-corrected chi connectivity index (χ4v) is 2.72. The van der Waals surface area contributed by atoms with Crippen molar-refractivity contribution in [2.45, 2.75) is 64.5 Å². The molecule has 1 heterocycles. The zero-order valence-electron chi connectivity index (χ0n) is 11.3. The van der Waals surface area contributed by atoms with E-state index in [2.05, 4.69) is 32.3 Å². The molecular weight excluding hydrogens is 196 g/mol.